The van der Waals surface area contributed by atoms with E-state index in [4.69, 9.17) is 14.2 Å². The van der Waals surface area contributed by atoms with Crippen LogP contribution >= 0.6 is 0 Å². The minimum atomic E-state index is -1.73. The van der Waals surface area contributed by atoms with Crippen LogP contribution in [0.3, 0.4) is 0 Å². The molecule has 0 aromatic rings. The lowest BCUT2D eigenvalue weighted by Gasteiger charge is -2.58. The predicted octanol–water partition coefficient (Wildman–Crippen LogP) is 9.23. The largest absolute Gasteiger partial charge is 0.378 e. The van der Waals surface area contributed by atoms with E-state index in [0.717, 1.165) is 69.5 Å². The highest BCUT2D eigenvalue weighted by atomic mass is 19.3. The van der Waals surface area contributed by atoms with E-state index < -0.39 is 6.08 Å². The molecule has 4 aliphatic carbocycles. The second-order valence-electron chi connectivity index (χ2n) is 15.0. The summed E-state index contributed by atoms with van der Waals surface area (Å²) >= 11 is 0. The number of unbranched alkanes of at least 4 members (excludes halogenated alkanes) is 3. The first-order valence-electron chi connectivity index (χ1n) is 16.6. The number of ether oxygens (including phenoxy) is 3. The smallest absolute Gasteiger partial charge is 0.312 e. The Kier molecular flexibility index (Phi) is 8.18. The highest BCUT2D eigenvalue weighted by molar-refractivity contribution is 5.26. The van der Waals surface area contributed by atoms with Crippen molar-refractivity contribution in [3.05, 3.63) is 29.5 Å². The zero-order valence-corrected chi connectivity index (χ0v) is 25.4. The van der Waals surface area contributed by atoms with Crippen molar-refractivity contribution in [1.29, 1.82) is 0 Å². The normalized spacial score (nSPS) is 47.5. The summed E-state index contributed by atoms with van der Waals surface area (Å²) < 4.78 is 43.9. The molecule has 5 fully saturated rings. The van der Waals surface area contributed by atoms with E-state index in [9.17, 15) is 8.78 Å². The number of fused-ring (bicyclic) bond motifs is 7. The SMILES string of the molecule is C[C@@H]1CC[C@@]2(OC1)O[C@H]1C[C@H]3[C@@H]4CC=C5C[C@@H](OCCCCCC=C=C(F)F)CC[C@]5(C)[C@H]4CC[C@]3(C)[C@H]1[C@@H]2C. The quantitative estimate of drug-likeness (QED) is 0.177. The van der Waals surface area contributed by atoms with Gasteiger partial charge in [-0.1, -0.05) is 51.5 Å². The minimum absolute atomic E-state index is 0.320. The zero-order valence-electron chi connectivity index (χ0n) is 25.4. The molecule has 40 heavy (non-hydrogen) atoms. The molecule has 0 aromatic heterocycles. The average Bonchev–Trinajstić information content (AvgIpc) is 3.37. The maximum Gasteiger partial charge on any atom is 0.312 e. The number of hydrogen-bond donors (Lipinski definition) is 0. The number of halogens is 2. The Hall–Kier alpha value is -1.00. The summed E-state index contributed by atoms with van der Waals surface area (Å²) in [7, 11) is 0. The van der Waals surface area contributed by atoms with E-state index in [1.54, 1.807) is 5.57 Å². The van der Waals surface area contributed by atoms with Gasteiger partial charge >= 0.3 is 6.08 Å². The molecule has 1 spiro atoms. The Bertz CT molecular complexity index is 1020. The molecule has 0 unspecified atom stereocenters. The van der Waals surface area contributed by atoms with Gasteiger partial charge in [0, 0.05) is 18.9 Å². The summed E-state index contributed by atoms with van der Waals surface area (Å²) in [5, 5.41) is 0. The van der Waals surface area contributed by atoms with Crippen LogP contribution in [0.4, 0.5) is 8.78 Å². The van der Waals surface area contributed by atoms with Crippen molar-refractivity contribution in [3.63, 3.8) is 0 Å². The van der Waals surface area contributed by atoms with E-state index in [2.05, 4.69) is 33.8 Å². The standard InChI is InChI=1S/C35H52F2O3/c1-23-13-18-35(39-22-23)24(2)32-30(40-35)21-29-27-12-11-25-20-26(38-19-9-7-5-6-8-10-31(36)37)14-16-33(25,3)28(27)15-17-34(29,32)4/h8,11,23-24,26-30,32H,5-7,9,12-22H2,1-4H3/t23-,24+,26+,27-,28+,29+,30+,32+,33+,34+,35-/m1/s1. The van der Waals surface area contributed by atoms with E-state index >= 15 is 0 Å². The van der Waals surface area contributed by atoms with E-state index in [0.29, 0.717) is 47.2 Å². The zero-order chi connectivity index (χ0) is 28.1. The summed E-state index contributed by atoms with van der Waals surface area (Å²) in [4.78, 5) is 0. The van der Waals surface area contributed by atoms with E-state index in [1.807, 2.05) is 5.73 Å². The summed E-state index contributed by atoms with van der Waals surface area (Å²) in [6.07, 6.45) is 17.6. The van der Waals surface area contributed by atoms with E-state index in [-0.39, 0.29) is 5.79 Å². The molecule has 0 radical (unpaired) electrons. The second kappa shape index (κ2) is 11.3. The molecule has 0 bridgehead atoms. The Morgan fingerprint density at radius 2 is 1.93 bits per heavy atom. The second-order valence-corrected chi connectivity index (χ2v) is 15.0. The van der Waals surface area contributed by atoms with Crippen molar-refractivity contribution < 1.29 is 23.0 Å². The van der Waals surface area contributed by atoms with Crippen molar-refractivity contribution in [2.24, 2.45) is 46.3 Å². The Labute approximate surface area is 241 Å². The predicted molar refractivity (Wildman–Crippen MR) is 154 cm³/mol. The van der Waals surface area contributed by atoms with Crippen LogP contribution in [-0.4, -0.2) is 31.2 Å². The molecule has 2 aliphatic heterocycles. The van der Waals surface area contributed by atoms with Crippen LogP contribution in [0.2, 0.25) is 0 Å². The van der Waals surface area contributed by atoms with Gasteiger partial charge in [-0.25, -0.2) is 0 Å². The summed E-state index contributed by atoms with van der Waals surface area (Å²) in [6, 6.07) is 0. The molecular weight excluding hydrogens is 506 g/mol. The molecule has 5 heteroatoms. The van der Waals surface area contributed by atoms with Crippen LogP contribution in [-0.2, 0) is 14.2 Å². The molecular formula is C35H52F2O3. The molecule has 11 atom stereocenters. The van der Waals surface area contributed by atoms with Gasteiger partial charge in [-0.3, -0.25) is 0 Å². The monoisotopic (exact) mass is 558 g/mol. The molecule has 2 heterocycles. The number of hydrogen-bond acceptors (Lipinski definition) is 3. The highest BCUT2D eigenvalue weighted by Gasteiger charge is 2.68. The van der Waals surface area contributed by atoms with Gasteiger partial charge < -0.3 is 14.2 Å². The first-order chi connectivity index (χ1) is 19.2. The lowest BCUT2D eigenvalue weighted by atomic mass is 9.47. The van der Waals surface area contributed by atoms with Crippen LogP contribution in [0.25, 0.3) is 0 Å². The average molecular weight is 559 g/mol. The third-order valence-corrected chi connectivity index (χ3v) is 12.9. The molecule has 3 saturated carbocycles. The molecule has 0 amide bonds. The maximum atomic E-state index is 12.1. The van der Waals surface area contributed by atoms with Crippen LogP contribution < -0.4 is 0 Å². The van der Waals surface area contributed by atoms with Crippen LogP contribution in [0, 0.1) is 46.3 Å². The molecule has 2 saturated heterocycles. The molecule has 0 N–H and O–H groups in total. The van der Waals surface area contributed by atoms with Gasteiger partial charge in [-0.05, 0) is 117 Å². The third-order valence-electron chi connectivity index (χ3n) is 12.9. The van der Waals surface area contributed by atoms with Gasteiger partial charge in [0.05, 0.1) is 18.8 Å². The Morgan fingerprint density at radius 1 is 1.07 bits per heavy atom. The van der Waals surface area contributed by atoms with E-state index in [1.165, 1.54) is 44.6 Å². The van der Waals surface area contributed by atoms with Gasteiger partial charge in [-0.2, -0.15) is 8.78 Å². The molecule has 6 aliphatic rings. The molecule has 6 rings (SSSR count). The first kappa shape index (κ1) is 29.1. The van der Waals surface area contributed by atoms with Crippen molar-refractivity contribution in [2.45, 2.75) is 129 Å². The number of rotatable bonds is 7. The van der Waals surface area contributed by atoms with Crippen LogP contribution in [0.1, 0.15) is 111 Å². The number of allylic oxidation sites excluding steroid dienone is 2. The maximum absolute atomic E-state index is 12.1. The van der Waals surface area contributed by atoms with Crippen molar-refractivity contribution in [2.75, 3.05) is 13.2 Å². The van der Waals surface area contributed by atoms with Gasteiger partial charge in [0.25, 0.3) is 0 Å². The summed E-state index contributed by atoms with van der Waals surface area (Å²) in [6.45, 7) is 11.6. The lowest BCUT2D eigenvalue weighted by molar-refractivity contribution is -0.272. The van der Waals surface area contributed by atoms with Crippen molar-refractivity contribution in [3.8, 4) is 0 Å². The van der Waals surface area contributed by atoms with Gasteiger partial charge in [0.1, 0.15) is 0 Å². The molecule has 0 aromatic carbocycles. The Balaban J connectivity index is 1.05. The van der Waals surface area contributed by atoms with Gasteiger partial charge in [0.15, 0.2) is 5.79 Å². The van der Waals surface area contributed by atoms with Crippen molar-refractivity contribution >= 4 is 0 Å². The third kappa shape index (κ3) is 4.99. The molecule has 224 valence electrons. The Morgan fingerprint density at radius 3 is 2.70 bits per heavy atom. The van der Waals surface area contributed by atoms with Crippen molar-refractivity contribution in [1.82, 2.24) is 0 Å². The molecule has 3 nitrogen and oxygen atoms in total. The fourth-order valence-electron chi connectivity index (χ4n) is 10.7. The van der Waals surface area contributed by atoms with Crippen LogP contribution in [0.5, 0.6) is 0 Å². The summed E-state index contributed by atoms with van der Waals surface area (Å²) in [5.74, 6) is 3.78. The van der Waals surface area contributed by atoms with Gasteiger partial charge in [0.2, 0.25) is 0 Å². The lowest BCUT2D eigenvalue weighted by Crippen LogP contribution is -2.52. The topological polar surface area (TPSA) is 27.7 Å². The fourth-order valence-corrected chi connectivity index (χ4v) is 10.7. The fraction of sp³-hybridized carbons (Fsp3) is 0.857. The minimum Gasteiger partial charge on any atom is -0.378 e. The van der Waals surface area contributed by atoms with Crippen LogP contribution in [0.15, 0.2) is 29.5 Å². The first-order valence-corrected chi connectivity index (χ1v) is 16.6. The van der Waals surface area contributed by atoms with Gasteiger partial charge in [-0.15, -0.1) is 0 Å². The summed E-state index contributed by atoms with van der Waals surface area (Å²) in [5.41, 5.74) is 4.35. The highest BCUT2D eigenvalue weighted by Crippen LogP contribution is 2.70.